The predicted molar refractivity (Wildman–Crippen MR) is 81.3 cm³/mol. The summed E-state index contributed by atoms with van der Waals surface area (Å²) in [4.78, 5) is 2.38. The third-order valence-corrected chi connectivity index (χ3v) is 4.30. The number of rotatable bonds is 4. The Morgan fingerprint density at radius 3 is 2.85 bits per heavy atom. The van der Waals surface area contributed by atoms with Gasteiger partial charge >= 0.3 is 0 Å². The maximum Gasteiger partial charge on any atom is 0.126 e. The number of likely N-dealkylation sites (N-methyl/N-ethyl adjacent to an activating group) is 1. The van der Waals surface area contributed by atoms with Gasteiger partial charge in [-0.3, -0.25) is 4.90 Å². The summed E-state index contributed by atoms with van der Waals surface area (Å²) in [6, 6.07) is 4.02. The Balaban J connectivity index is 2.24. The lowest BCUT2D eigenvalue weighted by molar-refractivity contribution is -0.0395. The van der Waals surface area contributed by atoms with Crippen LogP contribution in [0.2, 0.25) is 0 Å². The molecule has 4 nitrogen and oxygen atoms in total. The van der Waals surface area contributed by atoms with Gasteiger partial charge in [-0.15, -0.1) is 0 Å². The molecule has 0 aliphatic carbocycles. The SMILES string of the molecule is CCN1CCOC(C(N)c2ccc(C)c(C)c2OC)C1. The van der Waals surface area contributed by atoms with E-state index in [9.17, 15) is 0 Å². The lowest BCUT2D eigenvalue weighted by Crippen LogP contribution is -2.46. The third-order valence-electron chi connectivity index (χ3n) is 4.30. The monoisotopic (exact) mass is 278 g/mol. The highest BCUT2D eigenvalue weighted by Gasteiger charge is 2.28. The molecule has 2 rings (SSSR count). The second-order valence-corrected chi connectivity index (χ2v) is 5.46. The van der Waals surface area contributed by atoms with Gasteiger partial charge in [0.2, 0.25) is 0 Å². The molecule has 0 spiro atoms. The first kappa shape index (κ1) is 15.3. The fraction of sp³-hybridized carbons (Fsp3) is 0.625. The molecule has 20 heavy (non-hydrogen) atoms. The van der Waals surface area contributed by atoms with Crippen molar-refractivity contribution in [2.24, 2.45) is 5.73 Å². The van der Waals surface area contributed by atoms with Gasteiger partial charge in [0, 0.05) is 18.7 Å². The van der Waals surface area contributed by atoms with Crippen LogP contribution in [0.1, 0.15) is 29.7 Å². The van der Waals surface area contributed by atoms with Crippen molar-refractivity contribution in [2.45, 2.75) is 32.9 Å². The maximum absolute atomic E-state index is 6.45. The van der Waals surface area contributed by atoms with E-state index >= 15 is 0 Å². The van der Waals surface area contributed by atoms with Crippen molar-refractivity contribution in [2.75, 3.05) is 33.4 Å². The summed E-state index contributed by atoms with van der Waals surface area (Å²) < 4.78 is 11.4. The fourth-order valence-electron chi connectivity index (χ4n) is 2.78. The molecule has 1 saturated heterocycles. The molecule has 1 heterocycles. The summed E-state index contributed by atoms with van der Waals surface area (Å²) in [5.41, 5.74) is 9.87. The summed E-state index contributed by atoms with van der Waals surface area (Å²) >= 11 is 0. The molecule has 1 aromatic rings. The van der Waals surface area contributed by atoms with Crippen molar-refractivity contribution in [3.8, 4) is 5.75 Å². The van der Waals surface area contributed by atoms with E-state index in [2.05, 4.69) is 37.8 Å². The van der Waals surface area contributed by atoms with E-state index in [0.717, 1.165) is 43.1 Å². The Bertz CT molecular complexity index is 462. The van der Waals surface area contributed by atoms with Crippen LogP contribution in [0, 0.1) is 13.8 Å². The summed E-state index contributed by atoms with van der Waals surface area (Å²) in [5, 5.41) is 0. The first-order valence-corrected chi connectivity index (χ1v) is 7.32. The number of hydrogen-bond donors (Lipinski definition) is 1. The van der Waals surface area contributed by atoms with Crippen LogP contribution in [-0.2, 0) is 4.74 Å². The molecule has 1 fully saturated rings. The van der Waals surface area contributed by atoms with Crippen molar-refractivity contribution in [3.05, 3.63) is 28.8 Å². The number of benzene rings is 1. The van der Waals surface area contributed by atoms with E-state index in [1.54, 1.807) is 7.11 Å². The van der Waals surface area contributed by atoms with E-state index in [1.165, 1.54) is 5.56 Å². The molecular formula is C16H26N2O2. The smallest absolute Gasteiger partial charge is 0.126 e. The number of hydrogen-bond acceptors (Lipinski definition) is 4. The number of nitrogens with two attached hydrogens (primary N) is 1. The number of nitrogens with zero attached hydrogens (tertiary/aromatic N) is 1. The van der Waals surface area contributed by atoms with Gasteiger partial charge in [0.25, 0.3) is 0 Å². The Hall–Kier alpha value is -1.10. The second kappa shape index (κ2) is 6.57. The van der Waals surface area contributed by atoms with Gasteiger partial charge in [-0.25, -0.2) is 0 Å². The summed E-state index contributed by atoms with van der Waals surface area (Å²) in [6.45, 7) is 9.99. The Kier molecular flexibility index (Phi) is 5.02. The lowest BCUT2D eigenvalue weighted by Gasteiger charge is -2.35. The predicted octanol–water partition coefficient (Wildman–Crippen LogP) is 2.03. The normalized spacial score (nSPS) is 21.8. The zero-order valence-corrected chi connectivity index (χ0v) is 13.0. The first-order chi connectivity index (χ1) is 9.58. The van der Waals surface area contributed by atoms with E-state index in [-0.39, 0.29) is 12.1 Å². The minimum Gasteiger partial charge on any atom is -0.496 e. The van der Waals surface area contributed by atoms with E-state index in [1.807, 2.05) is 0 Å². The van der Waals surface area contributed by atoms with E-state index in [0.29, 0.717) is 0 Å². The molecule has 1 aliphatic rings. The van der Waals surface area contributed by atoms with Gasteiger partial charge in [-0.05, 0) is 31.5 Å². The van der Waals surface area contributed by atoms with Crippen LogP contribution in [0.25, 0.3) is 0 Å². The fourth-order valence-corrected chi connectivity index (χ4v) is 2.78. The minimum absolute atomic E-state index is 0.0275. The highest BCUT2D eigenvalue weighted by Crippen LogP contribution is 2.32. The first-order valence-electron chi connectivity index (χ1n) is 7.32. The minimum atomic E-state index is -0.154. The Morgan fingerprint density at radius 2 is 2.20 bits per heavy atom. The molecule has 2 N–H and O–H groups in total. The molecule has 2 atom stereocenters. The molecular weight excluding hydrogens is 252 g/mol. The van der Waals surface area contributed by atoms with Crippen LogP contribution in [0.15, 0.2) is 12.1 Å². The van der Waals surface area contributed by atoms with Crippen molar-refractivity contribution >= 4 is 0 Å². The zero-order valence-electron chi connectivity index (χ0n) is 13.0. The molecule has 0 aromatic heterocycles. The van der Waals surface area contributed by atoms with Crippen LogP contribution in [0.3, 0.4) is 0 Å². The zero-order chi connectivity index (χ0) is 14.7. The van der Waals surface area contributed by atoms with Crippen LogP contribution in [0.4, 0.5) is 0 Å². The van der Waals surface area contributed by atoms with E-state index in [4.69, 9.17) is 15.2 Å². The van der Waals surface area contributed by atoms with Crippen molar-refractivity contribution in [1.82, 2.24) is 4.90 Å². The summed E-state index contributed by atoms with van der Waals surface area (Å²) in [7, 11) is 1.71. The third kappa shape index (κ3) is 2.97. The molecule has 112 valence electrons. The summed E-state index contributed by atoms with van der Waals surface area (Å²) in [5.74, 6) is 0.898. The van der Waals surface area contributed by atoms with Crippen LogP contribution < -0.4 is 10.5 Å². The average molecular weight is 278 g/mol. The van der Waals surface area contributed by atoms with E-state index < -0.39 is 0 Å². The molecule has 0 amide bonds. The number of aryl methyl sites for hydroxylation is 1. The number of methoxy groups -OCH3 is 1. The maximum atomic E-state index is 6.45. The van der Waals surface area contributed by atoms with Crippen LogP contribution in [-0.4, -0.2) is 44.4 Å². The number of morpholine rings is 1. The van der Waals surface area contributed by atoms with Gasteiger partial charge in [0.15, 0.2) is 0 Å². The molecule has 0 saturated carbocycles. The average Bonchev–Trinajstić information content (AvgIpc) is 2.49. The Labute approximate surface area is 121 Å². The van der Waals surface area contributed by atoms with Crippen LogP contribution in [0.5, 0.6) is 5.75 Å². The summed E-state index contributed by atoms with van der Waals surface area (Å²) in [6.07, 6.45) is 0.0275. The second-order valence-electron chi connectivity index (χ2n) is 5.46. The highest BCUT2D eigenvalue weighted by atomic mass is 16.5. The molecule has 1 aromatic carbocycles. The van der Waals surface area contributed by atoms with Gasteiger partial charge in [0.05, 0.1) is 25.9 Å². The Morgan fingerprint density at radius 1 is 1.45 bits per heavy atom. The largest absolute Gasteiger partial charge is 0.496 e. The van der Waals surface area contributed by atoms with Crippen LogP contribution >= 0.6 is 0 Å². The standard InChI is InChI=1S/C16H26N2O2/c1-5-18-8-9-20-14(10-18)15(17)13-7-6-11(2)12(3)16(13)19-4/h6-7,14-15H,5,8-10,17H2,1-4H3. The molecule has 4 heteroatoms. The molecule has 1 aliphatic heterocycles. The highest BCUT2D eigenvalue weighted by molar-refractivity contribution is 5.47. The van der Waals surface area contributed by atoms with Gasteiger partial charge in [-0.1, -0.05) is 19.1 Å². The number of ether oxygens (including phenoxy) is 2. The molecule has 0 radical (unpaired) electrons. The van der Waals surface area contributed by atoms with Gasteiger partial charge in [-0.2, -0.15) is 0 Å². The molecule has 0 bridgehead atoms. The lowest BCUT2D eigenvalue weighted by atomic mass is 9.95. The van der Waals surface area contributed by atoms with Crippen molar-refractivity contribution < 1.29 is 9.47 Å². The van der Waals surface area contributed by atoms with Gasteiger partial charge < -0.3 is 15.2 Å². The van der Waals surface area contributed by atoms with Gasteiger partial charge in [0.1, 0.15) is 5.75 Å². The van der Waals surface area contributed by atoms with Crippen molar-refractivity contribution in [3.63, 3.8) is 0 Å². The molecule has 2 unspecified atom stereocenters. The quantitative estimate of drug-likeness (QED) is 0.915. The topological polar surface area (TPSA) is 47.7 Å². The van der Waals surface area contributed by atoms with Crippen molar-refractivity contribution in [1.29, 1.82) is 0 Å².